The van der Waals surface area contributed by atoms with Crippen LogP contribution in [0.1, 0.15) is 64.2 Å². The number of carbonyl (C=O) groups excluding carboxylic acids is 1. The predicted octanol–water partition coefficient (Wildman–Crippen LogP) is 3.08. The molecule has 0 spiro atoms. The van der Waals surface area contributed by atoms with Gasteiger partial charge in [0.15, 0.2) is 0 Å². The number of hydrogen-bond acceptors (Lipinski definition) is 4. The van der Waals surface area contributed by atoms with Gasteiger partial charge in [-0.05, 0) is 31.6 Å². The van der Waals surface area contributed by atoms with Crippen molar-refractivity contribution in [2.75, 3.05) is 52.6 Å². The van der Waals surface area contributed by atoms with Crippen molar-refractivity contribution in [3.63, 3.8) is 0 Å². The second-order valence-electron chi connectivity index (χ2n) is 8.28. The van der Waals surface area contributed by atoms with Gasteiger partial charge in [0.25, 0.3) is 0 Å². The number of ether oxygens (including phenoxy) is 2. The lowest BCUT2D eigenvalue weighted by Crippen LogP contribution is -2.45. The maximum atomic E-state index is 13.0. The highest BCUT2D eigenvalue weighted by molar-refractivity contribution is 5.76. The molecule has 26 heavy (non-hydrogen) atoms. The minimum Gasteiger partial charge on any atom is -0.381 e. The lowest BCUT2D eigenvalue weighted by atomic mass is 9.86. The molecule has 0 aromatic rings. The highest BCUT2D eigenvalue weighted by atomic mass is 16.5. The maximum absolute atomic E-state index is 13.0. The van der Waals surface area contributed by atoms with Crippen molar-refractivity contribution in [2.45, 2.75) is 70.3 Å². The van der Waals surface area contributed by atoms with Gasteiger partial charge in [-0.3, -0.25) is 9.69 Å². The summed E-state index contributed by atoms with van der Waals surface area (Å²) in [5, 5.41) is 0. The first kappa shape index (κ1) is 20.1. The molecule has 1 amide bonds. The average molecular weight is 367 g/mol. The van der Waals surface area contributed by atoms with E-state index in [1.165, 1.54) is 32.1 Å². The average Bonchev–Trinajstić information content (AvgIpc) is 2.72. The van der Waals surface area contributed by atoms with Crippen LogP contribution in [-0.4, -0.2) is 74.4 Å². The van der Waals surface area contributed by atoms with E-state index in [1.54, 1.807) is 0 Å². The van der Waals surface area contributed by atoms with Crippen molar-refractivity contribution in [3.05, 3.63) is 0 Å². The number of nitrogens with zero attached hydrogens (tertiary/aromatic N) is 2. The molecule has 3 fully saturated rings. The Morgan fingerprint density at radius 1 is 0.923 bits per heavy atom. The first-order chi connectivity index (χ1) is 12.8. The molecular formula is C21H38N2O3. The molecule has 0 aromatic heterocycles. The highest BCUT2D eigenvalue weighted by Gasteiger charge is 2.26. The van der Waals surface area contributed by atoms with E-state index in [2.05, 4.69) is 9.80 Å². The third-order valence-corrected chi connectivity index (χ3v) is 6.42. The normalized spacial score (nSPS) is 23.8. The first-order valence-corrected chi connectivity index (χ1v) is 11.0. The van der Waals surface area contributed by atoms with Crippen LogP contribution in [0.25, 0.3) is 0 Å². The first-order valence-electron chi connectivity index (χ1n) is 11.0. The van der Waals surface area contributed by atoms with Gasteiger partial charge in [-0.2, -0.15) is 0 Å². The summed E-state index contributed by atoms with van der Waals surface area (Å²) in [6, 6.07) is 0.396. The van der Waals surface area contributed by atoms with Crippen molar-refractivity contribution < 1.29 is 14.3 Å². The second-order valence-corrected chi connectivity index (χ2v) is 8.28. The number of amides is 1. The van der Waals surface area contributed by atoms with Crippen LogP contribution in [0.15, 0.2) is 0 Å². The van der Waals surface area contributed by atoms with Gasteiger partial charge in [0.2, 0.25) is 5.91 Å². The van der Waals surface area contributed by atoms with E-state index < -0.39 is 0 Å². The number of morpholine rings is 1. The molecule has 0 aromatic carbocycles. The molecule has 150 valence electrons. The van der Waals surface area contributed by atoms with E-state index >= 15 is 0 Å². The van der Waals surface area contributed by atoms with Gasteiger partial charge in [0, 0.05) is 51.9 Å². The smallest absolute Gasteiger partial charge is 0.222 e. The van der Waals surface area contributed by atoms with Crippen molar-refractivity contribution in [1.82, 2.24) is 9.80 Å². The number of carbonyl (C=O) groups is 1. The molecule has 0 atom stereocenters. The molecule has 2 aliphatic heterocycles. The summed E-state index contributed by atoms with van der Waals surface area (Å²) in [6.07, 6.45) is 11.7. The maximum Gasteiger partial charge on any atom is 0.222 e. The number of hydrogen-bond donors (Lipinski definition) is 0. The molecule has 0 N–H and O–H groups in total. The monoisotopic (exact) mass is 366 g/mol. The zero-order valence-electron chi connectivity index (χ0n) is 16.5. The van der Waals surface area contributed by atoms with Gasteiger partial charge in [-0.15, -0.1) is 0 Å². The summed E-state index contributed by atoms with van der Waals surface area (Å²) in [4.78, 5) is 17.7. The van der Waals surface area contributed by atoms with Crippen LogP contribution in [0, 0.1) is 5.92 Å². The lowest BCUT2D eigenvalue weighted by molar-refractivity contribution is -0.136. The largest absolute Gasteiger partial charge is 0.381 e. The predicted molar refractivity (Wildman–Crippen MR) is 103 cm³/mol. The van der Waals surface area contributed by atoms with Crippen LogP contribution in [0.5, 0.6) is 0 Å². The third kappa shape index (κ3) is 6.50. The van der Waals surface area contributed by atoms with Crippen LogP contribution < -0.4 is 0 Å². The van der Waals surface area contributed by atoms with Gasteiger partial charge in [0.1, 0.15) is 0 Å². The Morgan fingerprint density at radius 2 is 1.62 bits per heavy atom. The van der Waals surface area contributed by atoms with E-state index in [-0.39, 0.29) is 0 Å². The molecule has 1 aliphatic carbocycles. The molecule has 5 nitrogen and oxygen atoms in total. The van der Waals surface area contributed by atoms with Crippen molar-refractivity contribution in [3.8, 4) is 0 Å². The molecule has 0 radical (unpaired) electrons. The second kappa shape index (κ2) is 11.3. The summed E-state index contributed by atoms with van der Waals surface area (Å²) in [5.74, 6) is 1.18. The molecular weight excluding hydrogens is 328 g/mol. The van der Waals surface area contributed by atoms with Crippen molar-refractivity contribution in [2.24, 2.45) is 5.92 Å². The molecule has 1 saturated carbocycles. The fourth-order valence-electron chi connectivity index (χ4n) is 4.74. The summed E-state index contributed by atoms with van der Waals surface area (Å²) in [7, 11) is 0. The Bertz CT molecular complexity index is 400. The topological polar surface area (TPSA) is 42.0 Å². The van der Waals surface area contributed by atoms with E-state index in [0.717, 1.165) is 90.6 Å². The van der Waals surface area contributed by atoms with E-state index in [0.29, 0.717) is 11.9 Å². The van der Waals surface area contributed by atoms with Gasteiger partial charge >= 0.3 is 0 Å². The zero-order valence-corrected chi connectivity index (χ0v) is 16.5. The van der Waals surface area contributed by atoms with E-state index in [4.69, 9.17) is 9.47 Å². The zero-order chi connectivity index (χ0) is 18.0. The van der Waals surface area contributed by atoms with Crippen molar-refractivity contribution in [1.29, 1.82) is 0 Å². The van der Waals surface area contributed by atoms with Gasteiger partial charge in [-0.25, -0.2) is 0 Å². The highest BCUT2D eigenvalue weighted by Crippen LogP contribution is 2.28. The SMILES string of the molecule is O=C(CCC1CCCCC1)N(CCCN1CCOCC1)C1CCOCC1. The van der Waals surface area contributed by atoms with Crippen LogP contribution in [0.2, 0.25) is 0 Å². The molecule has 3 aliphatic rings. The van der Waals surface area contributed by atoms with Crippen LogP contribution in [0.3, 0.4) is 0 Å². The van der Waals surface area contributed by atoms with Gasteiger partial charge in [0.05, 0.1) is 13.2 Å². The molecule has 2 heterocycles. The van der Waals surface area contributed by atoms with Crippen LogP contribution in [0.4, 0.5) is 0 Å². The standard InChI is InChI=1S/C21H38N2O3/c24-21(8-7-19-5-2-1-3-6-19)23(20-9-15-25-16-10-20)12-4-11-22-13-17-26-18-14-22/h19-20H,1-18H2. The van der Waals surface area contributed by atoms with Crippen LogP contribution in [-0.2, 0) is 14.3 Å². The summed E-state index contributed by atoms with van der Waals surface area (Å²) < 4.78 is 11.0. The molecule has 0 unspecified atom stereocenters. The van der Waals surface area contributed by atoms with Crippen LogP contribution >= 0.6 is 0 Å². The Kier molecular flexibility index (Phi) is 8.70. The molecule has 5 heteroatoms. The molecule has 0 bridgehead atoms. The minimum absolute atomic E-state index is 0.393. The summed E-state index contributed by atoms with van der Waals surface area (Å²) in [6.45, 7) is 7.37. The van der Waals surface area contributed by atoms with E-state index in [9.17, 15) is 4.79 Å². The molecule has 3 rings (SSSR count). The Hall–Kier alpha value is -0.650. The Morgan fingerprint density at radius 3 is 2.35 bits per heavy atom. The summed E-state index contributed by atoms with van der Waals surface area (Å²) in [5.41, 5.74) is 0. The van der Waals surface area contributed by atoms with Gasteiger partial charge in [-0.1, -0.05) is 32.1 Å². The Balaban J connectivity index is 1.45. The van der Waals surface area contributed by atoms with Crippen molar-refractivity contribution >= 4 is 5.91 Å². The number of rotatable bonds is 8. The fourth-order valence-corrected chi connectivity index (χ4v) is 4.74. The minimum atomic E-state index is 0.393. The third-order valence-electron chi connectivity index (χ3n) is 6.42. The summed E-state index contributed by atoms with van der Waals surface area (Å²) >= 11 is 0. The van der Waals surface area contributed by atoms with E-state index in [1.807, 2.05) is 0 Å². The van der Waals surface area contributed by atoms with Gasteiger partial charge < -0.3 is 14.4 Å². The Labute approximate surface area is 159 Å². The fraction of sp³-hybridized carbons (Fsp3) is 0.952. The molecule has 2 saturated heterocycles. The quantitative estimate of drug-likeness (QED) is 0.662. The lowest BCUT2D eigenvalue weighted by Gasteiger charge is -2.36.